The molecule has 0 heterocycles. The van der Waals surface area contributed by atoms with Crippen LogP contribution in [0, 0.1) is 23.2 Å². The van der Waals surface area contributed by atoms with Crippen molar-refractivity contribution < 1.29 is 15.3 Å². The Morgan fingerprint density at radius 1 is 1.15 bits per heavy atom. The SMILES string of the molecule is C=C1/C(=C\C=C2/CCC[C@@]3(C)C2CCC3[C@H](C)/C=C/C=C/C(O)(CC)CC)C[C@@H](O)C[C@@H]1O. The molecule has 0 spiro atoms. The average molecular weight is 455 g/mol. The molecule has 6 atom stereocenters. The third-order valence-corrected chi connectivity index (χ3v) is 9.09. The van der Waals surface area contributed by atoms with Crippen molar-refractivity contribution in [3.63, 3.8) is 0 Å². The van der Waals surface area contributed by atoms with E-state index in [1.165, 1.54) is 31.3 Å². The van der Waals surface area contributed by atoms with Gasteiger partial charge in [0.15, 0.2) is 0 Å². The van der Waals surface area contributed by atoms with Crippen molar-refractivity contribution in [3.8, 4) is 0 Å². The van der Waals surface area contributed by atoms with Crippen molar-refractivity contribution >= 4 is 0 Å². The van der Waals surface area contributed by atoms with E-state index in [1.807, 2.05) is 26.0 Å². The van der Waals surface area contributed by atoms with Gasteiger partial charge in [-0.2, -0.15) is 0 Å². The Morgan fingerprint density at radius 3 is 2.58 bits per heavy atom. The topological polar surface area (TPSA) is 60.7 Å². The molecule has 3 rings (SSSR count). The summed E-state index contributed by atoms with van der Waals surface area (Å²) in [6.45, 7) is 13.0. The van der Waals surface area contributed by atoms with Crippen LogP contribution in [0.3, 0.4) is 0 Å². The number of rotatable bonds is 7. The molecule has 0 radical (unpaired) electrons. The van der Waals surface area contributed by atoms with E-state index in [0.717, 1.165) is 30.4 Å². The van der Waals surface area contributed by atoms with E-state index in [0.29, 0.717) is 36.0 Å². The Morgan fingerprint density at radius 2 is 1.88 bits per heavy atom. The predicted octanol–water partition coefficient (Wildman–Crippen LogP) is 6.43. The monoisotopic (exact) mass is 454 g/mol. The van der Waals surface area contributed by atoms with Gasteiger partial charge in [0.2, 0.25) is 0 Å². The van der Waals surface area contributed by atoms with Crippen LogP contribution >= 0.6 is 0 Å². The highest BCUT2D eigenvalue weighted by Crippen LogP contribution is 2.59. The van der Waals surface area contributed by atoms with Gasteiger partial charge in [-0.15, -0.1) is 0 Å². The minimum absolute atomic E-state index is 0.312. The lowest BCUT2D eigenvalue weighted by atomic mass is 9.61. The highest BCUT2D eigenvalue weighted by atomic mass is 16.3. The van der Waals surface area contributed by atoms with Crippen LogP contribution in [0.4, 0.5) is 0 Å². The second-order valence-electron chi connectivity index (χ2n) is 11.1. The van der Waals surface area contributed by atoms with E-state index < -0.39 is 17.8 Å². The first-order valence-electron chi connectivity index (χ1n) is 13.2. The van der Waals surface area contributed by atoms with Gasteiger partial charge in [0, 0.05) is 6.42 Å². The van der Waals surface area contributed by atoms with Crippen LogP contribution in [-0.4, -0.2) is 33.1 Å². The molecule has 0 saturated heterocycles. The Labute approximate surface area is 201 Å². The molecule has 3 aliphatic rings. The van der Waals surface area contributed by atoms with E-state index in [4.69, 9.17) is 0 Å². The first-order chi connectivity index (χ1) is 15.6. The molecular formula is C30H46O3. The van der Waals surface area contributed by atoms with E-state index in [9.17, 15) is 15.3 Å². The summed E-state index contributed by atoms with van der Waals surface area (Å²) >= 11 is 0. The summed E-state index contributed by atoms with van der Waals surface area (Å²) < 4.78 is 0. The molecule has 2 unspecified atom stereocenters. The molecule has 3 aliphatic carbocycles. The van der Waals surface area contributed by atoms with Crippen molar-refractivity contribution in [2.45, 2.75) is 103 Å². The molecule has 0 amide bonds. The zero-order chi connectivity index (χ0) is 24.2. The molecule has 3 saturated carbocycles. The number of aliphatic hydroxyl groups is 3. The maximum Gasteiger partial charge on any atom is 0.0825 e. The predicted molar refractivity (Wildman–Crippen MR) is 138 cm³/mol. The zero-order valence-corrected chi connectivity index (χ0v) is 21.3. The summed E-state index contributed by atoms with van der Waals surface area (Å²) in [5.41, 5.74) is 2.92. The van der Waals surface area contributed by atoms with E-state index in [-0.39, 0.29) is 0 Å². The zero-order valence-electron chi connectivity index (χ0n) is 21.3. The first kappa shape index (κ1) is 26.2. The van der Waals surface area contributed by atoms with Crippen LogP contribution in [0.5, 0.6) is 0 Å². The van der Waals surface area contributed by atoms with Crippen molar-refractivity contribution in [1.29, 1.82) is 0 Å². The average Bonchev–Trinajstić information content (AvgIpc) is 3.15. The van der Waals surface area contributed by atoms with Gasteiger partial charge in [-0.1, -0.05) is 76.3 Å². The van der Waals surface area contributed by atoms with Crippen molar-refractivity contribution in [1.82, 2.24) is 0 Å². The van der Waals surface area contributed by atoms with Gasteiger partial charge in [0.1, 0.15) is 0 Å². The summed E-state index contributed by atoms with van der Waals surface area (Å²) in [5.74, 6) is 1.77. The van der Waals surface area contributed by atoms with E-state index in [2.05, 4.69) is 44.7 Å². The Hall–Kier alpha value is -1.42. The molecule has 0 bridgehead atoms. The third-order valence-electron chi connectivity index (χ3n) is 9.09. The lowest BCUT2D eigenvalue weighted by Gasteiger charge is -2.44. The standard InChI is InChI=1S/C30H46O3/c1-6-30(33,7-2)18-9-8-11-21(3)26-15-16-27-23(12-10-17-29(26,27)5)13-14-24-19-25(31)20-28(32)22(24)4/h8-9,11,13-14,18,21,25-28,31-33H,4,6-7,10,12,15-17,19-20H2,1-3,5H3/b11-8+,18-9+,23-13+,24-14-/t21-,25-,26?,27?,28+,29-/m1/s1. The van der Waals surface area contributed by atoms with Crippen LogP contribution < -0.4 is 0 Å². The van der Waals surface area contributed by atoms with Gasteiger partial charge >= 0.3 is 0 Å². The summed E-state index contributed by atoms with van der Waals surface area (Å²) in [6, 6.07) is 0. The molecular weight excluding hydrogens is 408 g/mol. The lowest BCUT2D eigenvalue weighted by Crippen LogP contribution is -2.35. The number of aliphatic hydroxyl groups excluding tert-OH is 2. The molecule has 3 fully saturated rings. The molecule has 3 N–H and O–H groups in total. The van der Waals surface area contributed by atoms with Gasteiger partial charge in [-0.05, 0) is 85.7 Å². The van der Waals surface area contributed by atoms with Gasteiger partial charge in [-0.3, -0.25) is 0 Å². The maximum absolute atomic E-state index is 10.5. The molecule has 0 aromatic heterocycles. The summed E-state index contributed by atoms with van der Waals surface area (Å²) in [4.78, 5) is 0. The summed E-state index contributed by atoms with van der Waals surface area (Å²) in [5, 5.41) is 30.7. The van der Waals surface area contributed by atoms with Gasteiger partial charge in [0.05, 0.1) is 17.8 Å². The minimum Gasteiger partial charge on any atom is -0.393 e. The summed E-state index contributed by atoms with van der Waals surface area (Å²) in [6.07, 6.45) is 20.3. The van der Waals surface area contributed by atoms with Gasteiger partial charge in [-0.25, -0.2) is 0 Å². The fourth-order valence-electron chi connectivity index (χ4n) is 6.70. The quantitative estimate of drug-likeness (QED) is 0.389. The maximum atomic E-state index is 10.5. The van der Waals surface area contributed by atoms with Crippen LogP contribution in [0.2, 0.25) is 0 Å². The highest BCUT2D eigenvalue weighted by molar-refractivity contribution is 5.38. The molecule has 33 heavy (non-hydrogen) atoms. The lowest BCUT2D eigenvalue weighted by molar-refractivity contribution is 0.0827. The fourth-order valence-corrected chi connectivity index (χ4v) is 6.70. The molecule has 0 aromatic carbocycles. The first-order valence-corrected chi connectivity index (χ1v) is 13.2. The smallest absolute Gasteiger partial charge is 0.0825 e. The number of allylic oxidation sites excluding steroid dienone is 6. The van der Waals surface area contributed by atoms with Gasteiger partial charge < -0.3 is 15.3 Å². The Balaban J connectivity index is 1.72. The van der Waals surface area contributed by atoms with Crippen LogP contribution in [0.15, 0.2) is 59.8 Å². The van der Waals surface area contributed by atoms with Crippen LogP contribution in [0.1, 0.15) is 85.5 Å². The summed E-state index contributed by atoms with van der Waals surface area (Å²) in [7, 11) is 0. The second-order valence-corrected chi connectivity index (χ2v) is 11.1. The van der Waals surface area contributed by atoms with E-state index in [1.54, 1.807) is 0 Å². The number of hydrogen-bond donors (Lipinski definition) is 3. The second kappa shape index (κ2) is 10.9. The van der Waals surface area contributed by atoms with E-state index >= 15 is 0 Å². The van der Waals surface area contributed by atoms with Crippen molar-refractivity contribution in [3.05, 3.63) is 59.8 Å². The number of hydrogen-bond acceptors (Lipinski definition) is 3. The normalized spacial score (nSPS) is 36.9. The highest BCUT2D eigenvalue weighted by Gasteiger charge is 2.50. The Bertz CT molecular complexity index is 812. The molecule has 3 heteroatoms. The molecule has 0 aromatic rings. The largest absolute Gasteiger partial charge is 0.393 e. The molecule has 3 nitrogen and oxygen atoms in total. The fraction of sp³-hybridized carbons (Fsp3) is 0.667. The third kappa shape index (κ3) is 5.81. The van der Waals surface area contributed by atoms with Crippen molar-refractivity contribution in [2.75, 3.05) is 0 Å². The molecule has 184 valence electrons. The minimum atomic E-state index is -0.689. The van der Waals surface area contributed by atoms with Crippen LogP contribution in [-0.2, 0) is 0 Å². The Kier molecular flexibility index (Phi) is 8.64. The van der Waals surface area contributed by atoms with Crippen LogP contribution in [0.25, 0.3) is 0 Å². The van der Waals surface area contributed by atoms with Crippen molar-refractivity contribution in [2.24, 2.45) is 23.2 Å². The number of fused-ring (bicyclic) bond motifs is 1. The molecule has 0 aliphatic heterocycles. The van der Waals surface area contributed by atoms with Gasteiger partial charge in [0.25, 0.3) is 0 Å².